The number of rotatable bonds is 24. The van der Waals surface area contributed by atoms with Gasteiger partial charge in [0.25, 0.3) is 0 Å². The average Bonchev–Trinajstić information content (AvgIpc) is 1.48. The molecule has 113 heavy (non-hydrogen) atoms. The molecule has 0 aromatic carbocycles. The van der Waals surface area contributed by atoms with Gasteiger partial charge in [-0.1, -0.05) is 141 Å². The van der Waals surface area contributed by atoms with Crippen LogP contribution in [-0.4, -0.2) is 69.4 Å². The number of carbonyl (C=O) groups excluding carboxylic acids is 6. The molecule has 0 aliphatic heterocycles. The van der Waals surface area contributed by atoms with E-state index < -0.39 is 0 Å². The molecule has 656 valence electrons. The van der Waals surface area contributed by atoms with Crippen LogP contribution in [-0.2, 0) is 57.2 Å². The van der Waals surface area contributed by atoms with Gasteiger partial charge in [-0.25, -0.2) is 0 Å². The van der Waals surface area contributed by atoms with Gasteiger partial charge in [-0.3, -0.25) is 28.8 Å². The second-order valence-electron chi connectivity index (χ2n) is 44.8. The van der Waals surface area contributed by atoms with Crippen molar-refractivity contribution in [2.24, 2.45) is 109 Å². The Balaban J connectivity index is 0.000000213. The van der Waals surface area contributed by atoms with E-state index in [2.05, 4.69) is 90.0 Å². The fraction of sp³-hybridized carbons (Fsp3) is 0.941. The van der Waals surface area contributed by atoms with Crippen molar-refractivity contribution in [1.82, 2.24) is 0 Å². The Bertz CT molecular complexity index is 2920. The first-order valence-electron chi connectivity index (χ1n) is 47.9. The topological polar surface area (TPSA) is 158 Å². The number of hydrogen-bond donors (Lipinski definition) is 0. The van der Waals surface area contributed by atoms with Gasteiger partial charge >= 0.3 is 35.8 Å². The minimum atomic E-state index is -0.362. The maximum absolute atomic E-state index is 12.9. The molecule has 12 nitrogen and oxygen atoms in total. The zero-order chi connectivity index (χ0) is 84.8. The number of ether oxygens (including phenoxy) is 6. The zero-order valence-corrected chi connectivity index (χ0v) is 79.0. The Morgan fingerprint density at radius 3 is 1.12 bits per heavy atom. The lowest BCUT2D eigenvalue weighted by Crippen LogP contribution is -2.59. The van der Waals surface area contributed by atoms with Gasteiger partial charge in [-0.2, -0.15) is 0 Å². The molecule has 0 spiro atoms. The molecule has 12 fully saturated rings. The van der Waals surface area contributed by atoms with Gasteiger partial charge in [-0.15, -0.1) is 0 Å². The molecule has 12 aliphatic rings. The lowest BCUT2D eigenvalue weighted by molar-refractivity contribution is -0.212. The minimum absolute atomic E-state index is 0.00702. The van der Waals surface area contributed by atoms with Crippen molar-refractivity contribution in [1.29, 1.82) is 0 Å². The summed E-state index contributed by atoms with van der Waals surface area (Å²) in [4.78, 5) is 74.3. The van der Waals surface area contributed by atoms with Crippen molar-refractivity contribution in [2.45, 2.75) is 497 Å². The van der Waals surface area contributed by atoms with E-state index in [1.165, 1.54) is 173 Å². The summed E-state index contributed by atoms with van der Waals surface area (Å²) in [6.07, 6.45) is 49.5. The van der Waals surface area contributed by atoms with Gasteiger partial charge in [0, 0.05) is 11.3 Å². The largest absolute Gasteiger partial charge is 0.459 e. The maximum Gasteiger partial charge on any atom is 0.312 e. The highest BCUT2D eigenvalue weighted by Crippen LogP contribution is 2.72. The van der Waals surface area contributed by atoms with E-state index >= 15 is 0 Å². The minimum Gasteiger partial charge on any atom is -0.459 e. The van der Waals surface area contributed by atoms with Crippen LogP contribution in [0, 0.1) is 109 Å². The summed E-state index contributed by atoms with van der Waals surface area (Å²) in [6.45, 7) is 58.0. The molecule has 8 unspecified atom stereocenters. The second kappa shape index (κ2) is 40.5. The Kier molecular flexibility index (Phi) is 35.3. The van der Waals surface area contributed by atoms with E-state index in [-0.39, 0.29) is 107 Å². The van der Waals surface area contributed by atoms with Gasteiger partial charge in [-0.05, 0) is 388 Å². The first kappa shape index (κ1) is 98.6. The summed E-state index contributed by atoms with van der Waals surface area (Å²) in [6, 6.07) is 0. The van der Waals surface area contributed by atoms with E-state index in [9.17, 15) is 28.8 Å². The average molecular weight is 1590 g/mol. The lowest BCUT2D eigenvalue weighted by Gasteiger charge is -2.62. The molecular weight excluding hydrogens is 1410 g/mol. The molecule has 0 aromatic rings. The van der Waals surface area contributed by atoms with Crippen LogP contribution in [0.1, 0.15) is 464 Å². The summed E-state index contributed by atoms with van der Waals surface area (Å²) in [5.41, 5.74) is -3.15. The number of carbonyl (C=O) groups is 6. The monoisotopic (exact) mass is 1590 g/mol. The van der Waals surface area contributed by atoms with Gasteiger partial charge < -0.3 is 28.4 Å². The third kappa shape index (κ3) is 24.3. The SMILES string of the molecule is CCC(C)(C)C(=O)OC(C)(C)C1CCCCC1.CCC(C)(C)C(=O)OC(C)(CC)C12CC3CC(CC(C3)C1)C2.CCC(C)(C)C(=O)OC1(C(C)C)CC2CC1C1C3CCC(C3)C21.CCC(C)(C)C(=O)OC1(C(C)C)CCCC1.CCC(C)(C)C(=O)OC1(C)CCCCCCC1.CCC1(OC(=O)C(C)(C)CC)CCCCCCC1. The molecule has 0 saturated heterocycles. The zero-order valence-electron chi connectivity index (χ0n) is 79.0. The summed E-state index contributed by atoms with van der Waals surface area (Å²) in [5, 5.41) is 0. The molecule has 0 N–H and O–H groups in total. The van der Waals surface area contributed by atoms with Crippen molar-refractivity contribution in [3.63, 3.8) is 0 Å². The summed E-state index contributed by atoms with van der Waals surface area (Å²) in [7, 11) is 0. The molecule has 8 atom stereocenters. The molecule has 0 amide bonds. The number of esters is 6. The van der Waals surface area contributed by atoms with Crippen molar-refractivity contribution >= 4 is 35.8 Å². The smallest absolute Gasteiger partial charge is 0.312 e. The third-order valence-corrected chi connectivity index (χ3v) is 33.6. The summed E-state index contributed by atoms with van der Waals surface area (Å²) >= 11 is 0. The molecule has 12 heteroatoms. The standard InChI is InChI=1S/C21H34O2.C20H34O2.C16H30O2.2C15H28O2.C14H26O2/c1-6-20(4,5)19(22)23-21(12(2)3)11-15-10-16(21)18-14-8-7-13(9-14)17(15)18;1-6-18(3,4)17(21)22-19(5,7-2)20-11-14-8-15(12-20)10-16(9-14)13-20;1-5-15(3,4)14(17)18-16(6-2)12-10-8-7-9-11-13-16;1-6-14(2,3)13(16)17-15(4,5)12-10-8-7-9-11-12;1-5-14(2,3)13(16)17-15(4)11-9-7-6-8-10-12-15;1-6-13(4,5)12(15)16-14(11(2)3)9-7-8-10-14/h12-18H,6-11H2,1-5H3;14-16H,6-13H2,1-5H3;5-13H2,1-4H3;12H,6-11H2,1-5H3;5-12H2,1-4H3;11H,6-10H2,1-5H3. The molecular formula is C101H180O12. The van der Waals surface area contributed by atoms with Crippen LogP contribution in [0.4, 0.5) is 0 Å². The van der Waals surface area contributed by atoms with Crippen LogP contribution in [0.3, 0.4) is 0 Å². The Morgan fingerprint density at radius 2 is 0.708 bits per heavy atom. The first-order valence-corrected chi connectivity index (χ1v) is 47.9. The van der Waals surface area contributed by atoms with Crippen LogP contribution in [0.15, 0.2) is 0 Å². The quantitative estimate of drug-likeness (QED) is 0.0512. The van der Waals surface area contributed by atoms with Crippen molar-refractivity contribution in [3.8, 4) is 0 Å². The molecule has 12 saturated carbocycles. The highest BCUT2D eigenvalue weighted by atomic mass is 16.6. The summed E-state index contributed by atoms with van der Waals surface area (Å²) in [5.74, 6) is 9.31. The number of fused-ring (bicyclic) bond motifs is 9. The third-order valence-electron chi connectivity index (χ3n) is 33.6. The maximum atomic E-state index is 12.9. The lowest BCUT2D eigenvalue weighted by atomic mass is 9.45. The molecule has 8 bridgehead atoms. The fourth-order valence-corrected chi connectivity index (χ4v) is 22.2. The Hall–Kier alpha value is -3.18. The predicted octanol–water partition coefficient (Wildman–Crippen LogP) is 28.0. The highest BCUT2D eigenvalue weighted by Gasteiger charge is 2.69. The van der Waals surface area contributed by atoms with E-state index in [0.717, 1.165) is 144 Å². The molecule has 12 rings (SSSR count). The molecule has 0 radical (unpaired) electrons. The van der Waals surface area contributed by atoms with Crippen molar-refractivity contribution in [3.05, 3.63) is 0 Å². The van der Waals surface area contributed by atoms with E-state index in [0.29, 0.717) is 23.7 Å². The molecule has 0 heterocycles. The fourth-order valence-electron chi connectivity index (χ4n) is 22.2. The van der Waals surface area contributed by atoms with Gasteiger partial charge in [0.15, 0.2) is 0 Å². The van der Waals surface area contributed by atoms with Crippen LogP contribution < -0.4 is 0 Å². The second-order valence-corrected chi connectivity index (χ2v) is 44.8. The normalized spacial score (nSPS) is 29.6. The van der Waals surface area contributed by atoms with E-state index in [1.54, 1.807) is 0 Å². The van der Waals surface area contributed by atoms with Crippen LogP contribution in [0.2, 0.25) is 0 Å². The van der Waals surface area contributed by atoms with Gasteiger partial charge in [0.05, 0.1) is 32.5 Å². The van der Waals surface area contributed by atoms with Crippen LogP contribution in [0.25, 0.3) is 0 Å². The molecule has 12 aliphatic carbocycles. The summed E-state index contributed by atoms with van der Waals surface area (Å²) < 4.78 is 36.2. The molecule has 0 aromatic heterocycles. The van der Waals surface area contributed by atoms with Gasteiger partial charge in [0.1, 0.15) is 33.6 Å². The van der Waals surface area contributed by atoms with Crippen molar-refractivity contribution < 1.29 is 57.2 Å². The Labute approximate surface area is 695 Å². The van der Waals surface area contributed by atoms with E-state index in [4.69, 9.17) is 28.4 Å². The predicted molar refractivity (Wildman–Crippen MR) is 465 cm³/mol. The number of hydrogen-bond acceptors (Lipinski definition) is 12. The van der Waals surface area contributed by atoms with Gasteiger partial charge in [0.2, 0.25) is 0 Å². The van der Waals surface area contributed by atoms with Crippen molar-refractivity contribution in [2.75, 3.05) is 0 Å². The Morgan fingerprint density at radius 1 is 0.345 bits per heavy atom. The first-order chi connectivity index (χ1) is 52.5. The highest BCUT2D eigenvalue weighted by molar-refractivity contribution is 5.79. The van der Waals surface area contributed by atoms with E-state index in [1.807, 2.05) is 104 Å². The van der Waals surface area contributed by atoms with Crippen LogP contribution in [0.5, 0.6) is 0 Å². The van der Waals surface area contributed by atoms with Crippen LogP contribution >= 0.6 is 0 Å².